The summed E-state index contributed by atoms with van der Waals surface area (Å²) in [4.78, 5) is 14.2. The molecule has 1 N–H and O–H groups in total. The molecule has 1 aromatic carbocycles. The summed E-state index contributed by atoms with van der Waals surface area (Å²) < 4.78 is 0. The fourth-order valence-electron chi connectivity index (χ4n) is 2.26. The minimum absolute atomic E-state index is 0.0239. The summed E-state index contributed by atoms with van der Waals surface area (Å²) >= 11 is 5.79. The van der Waals surface area contributed by atoms with E-state index in [1.165, 1.54) is 0 Å². The zero-order valence-electron chi connectivity index (χ0n) is 11.6. The van der Waals surface area contributed by atoms with Crippen molar-refractivity contribution in [3.8, 4) is 5.75 Å². The molecule has 0 spiro atoms. The van der Waals surface area contributed by atoms with Gasteiger partial charge in [-0.05, 0) is 18.9 Å². The molecule has 0 unspecified atom stereocenters. The Bertz CT molecular complexity index is 405. The summed E-state index contributed by atoms with van der Waals surface area (Å²) in [5.41, 5.74) is 0.665. The van der Waals surface area contributed by atoms with Crippen LogP contribution in [0.4, 0.5) is 0 Å². The van der Waals surface area contributed by atoms with E-state index in [0.717, 1.165) is 12.8 Å². The lowest BCUT2D eigenvalue weighted by molar-refractivity contribution is -0.132. The molecular weight excluding hydrogens is 262 g/mol. The van der Waals surface area contributed by atoms with Crippen LogP contribution in [-0.2, 0) is 11.2 Å². The second-order valence-electron chi connectivity index (χ2n) is 4.55. The number of halogens is 1. The van der Waals surface area contributed by atoms with Crippen molar-refractivity contribution in [3.63, 3.8) is 0 Å². The lowest BCUT2D eigenvalue weighted by Crippen LogP contribution is -2.41. The van der Waals surface area contributed by atoms with Crippen LogP contribution in [0.5, 0.6) is 5.75 Å². The third-order valence-corrected chi connectivity index (χ3v) is 3.53. The molecule has 0 radical (unpaired) electrons. The van der Waals surface area contributed by atoms with Crippen molar-refractivity contribution in [1.82, 2.24) is 4.90 Å². The molecule has 0 saturated carbocycles. The minimum atomic E-state index is 0.0239. The quantitative estimate of drug-likeness (QED) is 0.781. The topological polar surface area (TPSA) is 40.5 Å². The van der Waals surface area contributed by atoms with Gasteiger partial charge in [-0.15, -0.1) is 11.6 Å². The summed E-state index contributed by atoms with van der Waals surface area (Å²) in [7, 11) is 0. The Morgan fingerprint density at radius 3 is 2.47 bits per heavy atom. The number of phenolic OH excluding ortho intramolecular Hbond substituents is 1. The number of hydrogen-bond donors (Lipinski definition) is 1. The highest BCUT2D eigenvalue weighted by Crippen LogP contribution is 2.18. The first kappa shape index (κ1) is 15.8. The van der Waals surface area contributed by atoms with E-state index in [2.05, 4.69) is 13.8 Å². The van der Waals surface area contributed by atoms with Gasteiger partial charge in [0, 0.05) is 24.0 Å². The zero-order valence-corrected chi connectivity index (χ0v) is 12.4. The van der Waals surface area contributed by atoms with Crippen LogP contribution < -0.4 is 0 Å². The Kier molecular flexibility index (Phi) is 6.71. The average molecular weight is 284 g/mol. The van der Waals surface area contributed by atoms with E-state index in [9.17, 15) is 9.90 Å². The Hall–Kier alpha value is -1.22. The minimum Gasteiger partial charge on any atom is -0.508 e. The SMILES string of the molecule is CCC(CC)N(CCCl)C(=O)Cc1ccccc1O. The van der Waals surface area contributed by atoms with E-state index in [0.29, 0.717) is 18.0 Å². The summed E-state index contributed by atoms with van der Waals surface area (Å²) in [5, 5.41) is 9.73. The number of alkyl halides is 1. The summed E-state index contributed by atoms with van der Waals surface area (Å²) in [6, 6.07) is 7.17. The van der Waals surface area contributed by atoms with Gasteiger partial charge in [-0.3, -0.25) is 4.79 Å². The number of amides is 1. The summed E-state index contributed by atoms with van der Waals surface area (Å²) in [5.74, 6) is 0.630. The van der Waals surface area contributed by atoms with Crippen LogP contribution in [0.2, 0.25) is 0 Å². The number of para-hydroxylation sites is 1. The molecule has 4 heteroatoms. The molecule has 0 heterocycles. The average Bonchev–Trinajstić information content (AvgIpc) is 2.41. The van der Waals surface area contributed by atoms with Crippen LogP contribution in [0.1, 0.15) is 32.3 Å². The predicted molar refractivity (Wildman–Crippen MR) is 78.6 cm³/mol. The van der Waals surface area contributed by atoms with Crippen LogP contribution in [0.3, 0.4) is 0 Å². The maximum absolute atomic E-state index is 12.4. The van der Waals surface area contributed by atoms with Crippen LogP contribution in [0.25, 0.3) is 0 Å². The van der Waals surface area contributed by atoms with Gasteiger partial charge in [0.25, 0.3) is 0 Å². The van der Waals surface area contributed by atoms with Gasteiger partial charge in [-0.2, -0.15) is 0 Å². The first-order chi connectivity index (χ1) is 9.13. The predicted octanol–water partition coefficient (Wildman–Crippen LogP) is 3.19. The number of aromatic hydroxyl groups is 1. The van der Waals surface area contributed by atoms with Crippen molar-refractivity contribution < 1.29 is 9.90 Å². The lowest BCUT2D eigenvalue weighted by Gasteiger charge is -2.30. The third kappa shape index (κ3) is 4.43. The molecule has 19 heavy (non-hydrogen) atoms. The first-order valence-electron chi connectivity index (χ1n) is 6.76. The zero-order chi connectivity index (χ0) is 14.3. The first-order valence-corrected chi connectivity index (χ1v) is 7.29. The molecule has 0 fully saturated rings. The molecule has 1 aromatic rings. The van der Waals surface area contributed by atoms with Gasteiger partial charge in [0.1, 0.15) is 5.75 Å². The van der Waals surface area contributed by atoms with Gasteiger partial charge in [-0.1, -0.05) is 32.0 Å². The van der Waals surface area contributed by atoms with Crippen molar-refractivity contribution >= 4 is 17.5 Å². The second kappa shape index (κ2) is 8.05. The van der Waals surface area contributed by atoms with E-state index in [1.807, 2.05) is 11.0 Å². The molecule has 0 aliphatic heterocycles. The largest absolute Gasteiger partial charge is 0.508 e. The fourth-order valence-corrected chi connectivity index (χ4v) is 2.44. The van der Waals surface area contributed by atoms with E-state index in [1.54, 1.807) is 18.2 Å². The standard InChI is InChI=1S/C15H22ClNO2/c1-3-13(4-2)17(10-9-16)15(19)11-12-7-5-6-8-14(12)18/h5-8,13,18H,3-4,9-11H2,1-2H3. The Labute approximate surface area is 120 Å². The maximum Gasteiger partial charge on any atom is 0.227 e. The fraction of sp³-hybridized carbons (Fsp3) is 0.533. The van der Waals surface area contributed by atoms with E-state index in [4.69, 9.17) is 11.6 Å². The summed E-state index contributed by atoms with van der Waals surface area (Å²) in [6.07, 6.45) is 2.06. The molecule has 0 bridgehead atoms. The normalized spacial score (nSPS) is 10.7. The number of hydrogen-bond acceptors (Lipinski definition) is 2. The van der Waals surface area contributed by atoms with Gasteiger partial charge in [0.05, 0.1) is 6.42 Å². The number of phenols is 1. The molecule has 0 aliphatic rings. The number of rotatable bonds is 7. The molecule has 0 aliphatic carbocycles. The van der Waals surface area contributed by atoms with E-state index in [-0.39, 0.29) is 24.1 Å². The number of nitrogens with zero attached hydrogens (tertiary/aromatic N) is 1. The Morgan fingerprint density at radius 2 is 1.95 bits per heavy atom. The van der Waals surface area contributed by atoms with Crippen molar-refractivity contribution in [2.45, 2.75) is 39.2 Å². The van der Waals surface area contributed by atoms with Crippen molar-refractivity contribution in [2.75, 3.05) is 12.4 Å². The smallest absolute Gasteiger partial charge is 0.227 e. The summed E-state index contributed by atoms with van der Waals surface area (Å²) in [6.45, 7) is 4.70. The van der Waals surface area contributed by atoms with Gasteiger partial charge >= 0.3 is 0 Å². The van der Waals surface area contributed by atoms with Crippen LogP contribution >= 0.6 is 11.6 Å². The van der Waals surface area contributed by atoms with Crippen molar-refractivity contribution in [1.29, 1.82) is 0 Å². The lowest BCUT2D eigenvalue weighted by atomic mass is 10.1. The van der Waals surface area contributed by atoms with E-state index >= 15 is 0 Å². The molecule has 0 aromatic heterocycles. The molecule has 1 amide bonds. The highest BCUT2D eigenvalue weighted by molar-refractivity contribution is 6.18. The van der Waals surface area contributed by atoms with E-state index < -0.39 is 0 Å². The maximum atomic E-state index is 12.4. The molecule has 0 atom stereocenters. The second-order valence-corrected chi connectivity index (χ2v) is 4.93. The molecule has 0 saturated heterocycles. The third-order valence-electron chi connectivity index (χ3n) is 3.36. The van der Waals surface area contributed by atoms with Gasteiger partial charge in [-0.25, -0.2) is 0 Å². The van der Waals surface area contributed by atoms with Gasteiger partial charge in [0.2, 0.25) is 5.91 Å². The van der Waals surface area contributed by atoms with Crippen LogP contribution in [0, 0.1) is 0 Å². The van der Waals surface area contributed by atoms with Crippen molar-refractivity contribution in [2.24, 2.45) is 0 Å². The van der Waals surface area contributed by atoms with Gasteiger partial charge in [0.15, 0.2) is 0 Å². The Morgan fingerprint density at radius 1 is 1.32 bits per heavy atom. The molecular formula is C15H22ClNO2. The number of carbonyl (C=O) groups excluding carboxylic acids is 1. The highest BCUT2D eigenvalue weighted by atomic mass is 35.5. The van der Waals surface area contributed by atoms with Crippen LogP contribution in [0.15, 0.2) is 24.3 Å². The molecule has 106 valence electrons. The molecule has 1 rings (SSSR count). The Balaban J connectivity index is 2.80. The monoisotopic (exact) mass is 283 g/mol. The number of carbonyl (C=O) groups is 1. The number of benzene rings is 1. The van der Waals surface area contributed by atoms with Gasteiger partial charge < -0.3 is 10.0 Å². The molecule has 3 nitrogen and oxygen atoms in total. The highest BCUT2D eigenvalue weighted by Gasteiger charge is 2.21. The van der Waals surface area contributed by atoms with Crippen LogP contribution in [-0.4, -0.2) is 34.4 Å². The van der Waals surface area contributed by atoms with Crippen molar-refractivity contribution in [3.05, 3.63) is 29.8 Å².